The fourth-order valence-corrected chi connectivity index (χ4v) is 5.55. The van der Waals surface area contributed by atoms with Crippen molar-refractivity contribution < 1.29 is 34.8 Å². The van der Waals surface area contributed by atoms with Crippen LogP contribution in [0.2, 0.25) is 0 Å². The molecule has 1 amide bonds. The van der Waals surface area contributed by atoms with Crippen LogP contribution < -0.4 is 5.73 Å². The summed E-state index contributed by atoms with van der Waals surface area (Å²) in [5.41, 5.74) is 2.58. The highest BCUT2D eigenvalue weighted by molar-refractivity contribution is 6.24. The number of aliphatic hydroxyl groups is 3. The van der Waals surface area contributed by atoms with E-state index in [0.717, 1.165) is 0 Å². The monoisotopic (exact) mass is 465 g/mol. The maximum Gasteiger partial charge on any atom is 0.255 e. The maximum atomic E-state index is 13.7. The van der Waals surface area contributed by atoms with Gasteiger partial charge in [-0.2, -0.15) is 5.26 Å². The number of allylic oxidation sites excluding steroid dienone is 1. The highest BCUT2D eigenvalue weighted by Crippen LogP contribution is 2.52. The summed E-state index contributed by atoms with van der Waals surface area (Å²) >= 11 is 0. The van der Waals surface area contributed by atoms with Gasteiger partial charge in [-0.1, -0.05) is 6.07 Å². The molecule has 4 atom stereocenters. The first-order valence-electron chi connectivity index (χ1n) is 10.5. The smallest absolute Gasteiger partial charge is 0.255 e. The van der Waals surface area contributed by atoms with Gasteiger partial charge in [-0.3, -0.25) is 19.3 Å². The number of nitrogens with zero attached hydrogens (tertiary/aromatic N) is 2. The van der Waals surface area contributed by atoms with Crippen molar-refractivity contribution >= 4 is 29.3 Å². The predicted molar refractivity (Wildman–Crippen MR) is 119 cm³/mol. The molecule has 34 heavy (non-hydrogen) atoms. The number of benzene rings is 1. The van der Waals surface area contributed by atoms with Crippen molar-refractivity contribution in [2.45, 2.75) is 24.5 Å². The summed E-state index contributed by atoms with van der Waals surface area (Å²) in [7, 11) is 3.08. The van der Waals surface area contributed by atoms with Gasteiger partial charge < -0.3 is 26.2 Å². The van der Waals surface area contributed by atoms with Gasteiger partial charge in [0.2, 0.25) is 5.78 Å². The third kappa shape index (κ3) is 2.98. The topological polar surface area (TPSA) is 185 Å². The number of hydrogen-bond acceptors (Lipinski definition) is 9. The quantitative estimate of drug-likeness (QED) is 0.313. The second-order valence-corrected chi connectivity index (χ2v) is 8.95. The fourth-order valence-electron chi connectivity index (χ4n) is 5.55. The number of aliphatic hydroxyl groups excluding tert-OH is 2. The lowest BCUT2D eigenvalue weighted by Gasteiger charge is -2.50. The molecule has 3 aliphatic carbocycles. The van der Waals surface area contributed by atoms with Crippen LogP contribution in [0.1, 0.15) is 23.1 Å². The molecule has 0 spiro atoms. The number of primary amides is 1. The molecule has 1 aromatic carbocycles. The first-order valence-corrected chi connectivity index (χ1v) is 10.5. The summed E-state index contributed by atoms with van der Waals surface area (Å²) in [6.07, 6.45) is 2.92. The van der Waals surface area contributed by atoms with Gasteiger partial charge in [0.15, 0.2) is 11.4 Å². The van der Waals surface area contributed by atoms with Crippen LogP contribution >= 0.6 is 0 Å². The number of rotatable bonds is 3. The van der Waals surface area contributed by atoms with Crippen LogP contribution in [0.5, 0.6) is 5.75 Å². The second kappa shape index (κ2) is 7.83. The molecule has 1 aromatic rings. The van der Waals surface area contributed by atoms with E-state index in [1.165, 1.54) is 37.2 Å². The number of phenolic OH excluding ortho intramolecular Hbond substituents is 1. The average Bonchev–Trinajstić information content (AvgIpc) is 2.75. The molecule has 1 saturated carbocycles. The molecule has 1 fully saturated rings. The zero-order chi connectivity index (χ0) is 25.1. The van der Waals surface area contributed by atoms with Crippen LogP contribution in [0.15, 0.2) is 35.1 Å². The van der Waals surface area contributed by atoms with Gasteiger partial charge in [-0.05, 0) is 56.1 Å². The molecule has 6 N–H and O–H groups in total. The molecule has 0 bridgehead atoms. The number of ketones is 2. The minimum absolute atomic E-state index is 0.00280. The summed E-state index contributed by atoms with van der Waals surface area (Å²) in [6, 6.07) is 3.62. The van der Waals surface area contributed by atoms with E-state index < -0.39 is 58.0 Å². The number of aromatic hydroxyl groups is 1. The lowest BCUT2D eigenvalue weighted by atomic mass is 9.57. The number of fused-ring (bicyclic) bond motifs is 3. The molecule has 0 aliphatic heterocycles. The van der Waals surface area contributed by atoms with Crippen LogP contribution in [0, 0.1) is 23.2 Å². The highest BCUT2D eigenvalue weighted by atomic mass is 16.3. The zero-order valence-electron chi connectivity index (χ0n) is 18.4. The van der Waals surface area contributed by atoms with Gasteiger partial charge in [-0.25, -0.2) is 0 Å². The van der Waals surface area contributed by atoms with Crippen molar-refractivity contribution in [2.24, 2.45) is 17.6 Å². The third-order valence-electron chi connectivity index (χ3n) is 6.98. The number of likely N-dealkylation sites (N-methyl/N-ethyl adjacent to an activating group) is 1. The summed E-state index contributed by atoms with van der Waals surface area (Å²) in [4.78, 5) is 40.1. The SMILES string of the molecule is CN(C)[C@@H]1C(=O)C(C(N)=O)=C(O)[C@]2(O)C(=O)C3=C(O)c4c(O)ccc(/C=C/C#N)c4C[C@H]3C[C@@H]12. The third-order valence-corrected chi connectivity index (χ3v) is 6.98. The Bertz CT molecular complexity index is 1280. The second-order valence-electron chi connectivity index (χ2n) is 8.95. The molecular formula is C24H23N3O7. The lowest BCUT2D eigenvalue weighted by Crippen LogP contribution is -2.65. The van der Waals surface area contributed by atoms with Crippen molar-refractivity contribution in [3.8, 4) is 11.8 Å². The molecule has 0 aromatic heterocycles. The van der Waals surface area contributed by atoms with Gasteiger partial charge in [0.25, 0.3) is 5.91 Å². The number of phenols is 1. The van der Waals surface area contributed by atoms with E-state index in [1.54, 1.807) is 6.07 Å². The molecular weight excluding hydrogens is 442 g/mol. The van der Waals surface area contributed by atoms with Gasteiger partial charge in [0, 0.05) is 17.6 Å². The van der Waals surface area contributed by atoms with E-state index in [9.17, 15) is 34.8 Å². The molecule has 0 heterocycles. The molecule has 4 rings (SSSR count). The number of carbonyl (C=O) groups excluding carboxylic acids is 3. The Morgan fingerprint density at radius 3 is 2.53 bits per heavy atom. The molecule has 10 heteroatoms. The molecule has 0 radical (unpaired) electrons. The summed E-state index contributed by atoms with van der Waals surface area (Å²) in [6.45, 7) is 0. The molecule has 0 saturated heterocycles. The van der Waals surface area contributed by atoms with E-state index in [2.05, 4.69) is 0 Å². The Kier molecular flexibility index (Phi) is 5.35. The Balaban J connectivity index is 1.98. The fraction of sp³-hybridized carbons (Fsp3) is 0.333. The van der Waals surface area contributed by atoms with E-state index in [1.807, 2.05) is 6.07 Å². The van der Waals surface area contributed by atoms with Crippen molar-refractivity contribution in [1.29, 1.82) is 5.26 Å². The van der Waals surface area contributed by atoms with E-state index >= 15 is 0 Å². The highest BCUT2D eigenvalue weighted by Gasteiger charge is 2.64. The number of hydrogen-bond donors (Lipinski definition) is 5. The Morgan fingerprint density at radius 2 is 1.94 bits per heavy atom. The minimum Gasteiger partial charge on any atom is -0.508 e. The van der Waals surface area contributed by atoms with Crippen molar-refractivity contribution in [1.82, 2.24) is 4.90 Å². The number of carbonyl (C=O) groups is 3. The van der Waals surface area contributed by atoms with Gasteiger partial charge in [-0.15, -0.1) is 0 Å². The molecule has 3 aliphatic rings. The standard InChI is InChI=1S/C24H23N3O7/c1-27(2)18-13-9-11-8-12-10(4-3-7-25)5-6-14(28)16(12)19(29)15(11)21(31)24(13,34)22(32)17(20(18)30)23(26)33/h3-6,11,13,18,28-29,32,34H,8-9H2,1-2H3,(H2,26,33)/b4-3+/t11-,13-,18-,24+/m0/s1. The lowest BCUT2D eigenvalue weighted by molar-refractivity contribution is -0.153. The zero-order valence-corrected chi connectivity index (χ0v) is 18.4. The van der Waals surface area contributed by atoms with Crippen molar-refractivity contribution in [3.63, 3.8) is 0 Å². The van der Waals surface area contributed by atoms with Gasteiger partial charge in [0.05, 0.1) is 17.7 Å². The predicted octanol–water partition coefficient (Wildman–Crippen LogP) is 0.501. The van der Waals surface area contributed by atoms with Crippen molar-refractivity contribution in [3.05, 3.63) is 51.8 Å². The van der Waals surface area contributed by atoms with E-state index in [4.69, 9.17) is 11.0 Å². The van der Waals surface area contributed by atoms with Crippen LogP contribution in [0.3, 0.4) is 0 Å². The minimum atomic E-state index is -2.67. The van der Waals surface area contributed by atoms with Gasteiger partial charge in [0.1, 0.15) is 22.8 Å². The van der Waals surface area contributed by atoms with E-state index in [0.29, 0.717) is 11.1 Å². The maximum absolute atomic E-state index is 13.7. The first kappa shape index (κ1) is 23.2. The Labute approximate surface area is 194 Å². The summed E-state index contributed by atoms with van der Waals surface area (Å²) < 4.78 is 0. The van der Waals surface area contributed by atoms with Crippen LogP contribution in [0.25, 0.3) is 11.8 Å². The van der Waals surface area contributed by atoms with Crippen LogP contribution in [-0.2, 0) is 20.8 Å². The number of Topliss-reactive ketones (excluding diaryl/α,β-unsaturated/α-hetero) is 2. The Hall–Kier alpha value is -3.94. The number of amides is 1. The van der Waals surface area contributed by atoms with Crippen LogP contribution in [-0.4, -0.2) is 68.5 Å². The normalized spacial score (nSPS) is 28.6. The average molecular weight is 465 g/mol. The number of nitrogens with two attached hydrogens (primary N) is 1. The molecule has 0 unspecified atom stereocenters. The first-order chi connectivity index (χ1) is 16.0. The Morgan fingerprint density at radius 1 is 1.26 bits per heavy atom. The molecule has 10 nitrogen and oxygen atoms in total. The van der Waals surface area contributed by atoms with E-state index in [-0.39, 0.29) is 29.7 Å². The summed E-state index contributed by atoms with van der Waals surface area (Å²) in [5.74, 6) is -6.96. The van der Waals surface area contributed by atoms with Gasteiger partial charge >= 0.3 is 0 Å². The summed E-state index contributed by atoms with van der Waals surface area (Å²) in [5, 5.41) is 52.7. The van der Waals surface area contributed by atoms with Crippen molar-refractivity contribution in [2.75, 3.05) is 14.1 Å². The van der Waals surface area contributed by atoms with Crippen LogP contribution in [0.4, 0.5) is 0 Å². The molecule has 176 valence electrons. The number of nitriles is 1. The largest absolute Gasteiger partial charge is 0.508 e.